The fraction of sp³-hybridized carbons (Fsp3) is 0.400. The standard InChI is InChI=1S/C15H21NO2/c1-3-13-4-6-14(7-5-13)8-9-15(18)16-12(2)10-11-17/h4-9,12,17H,3,10-11H2,1-2H3,(H,16,18)/b9-8+. The lowest BCUT2D eigenvalue weighted by Crippen LogP contribution is -2.31. The molecule has 18 heavy (non-hydrogen) atoms. The van der Waals surface area contributed by atoms with Crippen molar-refractivity contribution in [2.24, 2.45) is 0 Å². The monoisotopic (exact) mass is 247 g/mol. The zero-order valence-electron chi connectivity index (χ0n) is 11.0. The second kappa shape index (κ2) is 7.67. The number of benzene rings is 1. The van der Waals surface area contributed by atoms with E-state index in [1.54, 1.807) is 6.08 Å². The van der Waals surface area contributed by atoms with Gasteiger partial charge in [0, 0.05) is 18.7 Å². The van der Waals surface area contributed by atoms with Crippen LogP contribution in [0.3, 0.4) is 0 Å². The fourth-order valence-corrected chi connectivity index (χ4v) is 1.59. The molecule has 1 aromatic carbocycles. The highest BCUT2D eigenvalue weighted by Crippen LogP contribution is 2.06. The van der Waals surface area contributed by atoms with Crippen LogP contribution in [0.15, 0.2) is 30.3 Å². The van der Waals surface area contributed by atoms with Crippen LogP contribution in [0.2, 0.25) is 0 Å². The average Bonchev–Trinajstić information content (AvgIpc) is 2.37. The molecule has 0 aliphatic heterocycles. The second-order valence-corrected chi connectivity index (χ2v) is 4.35. The minimum absolute atomic E-state index is 0.00498. The van der Waals surface area contributed by atoms with Gasteiger partial charge in [-0.2, -0.15) is 0 Å². The number of hydrogen-bond acceptors (Lipinski definition) is 2. The Morgan fingerprint density at radius 2 is 2.06 bits per heavy atom. The van der Waals surface area contributed by atoms with Crippen LogP contribution in [0.4, 0.5) is 0 Å². The lowest BCUT2D eigenvalue weighted by Gasteiger charge is -2.09. The molecule has 98 valence electrons. The fourth-order valence-electron chi connectivity index (χ4n) is 1.59. The van der Waals surface area contributed by atoms with Crippen molar-refractivity contribution < 1.29 is 9.90 Å². The van der Waals surface area contributed by atoms with Crippen molar-refractivity contribution in [3.05, 3.63) is 41.5 Å². The predicted octanol–water partition coefficient (Wildman–Crippen LogP) is 2.15. The lowest BCUT2D eigenvalue weighted by atomic mass is 10.1. The van der Waals surface area contributed by atoms with Crippen LogP contribution >= 0.6 is 0 Å². The highest BCUT2D eigenvalue weighted by atomic mass is 16.3. The van der Waals surface area contributed by atoms with Gasteiger partial charge in [-0.1, -0.05) is 31.2 Å². The first-order valence-corrected chi connectivity index (χ1v) is 6.34. The quantitative estimate of drug-likeness (QED) is 0.757. The Bertz CT molecular complexity index is 395. The van der Waals surface area contributed by atoms with E-state index in [4.69, 9.17) is 5.11 Å². The molecule has 0 aromatic heterocycles. The van der Waals surface area contributed by atoms with Crippen molar-refractivity contribution in [3.8, 4) is 0 Å². The molecule has 2 N–H and O–H groups in total. The highest BCUT2D eigenvalue weighted by molar-refractivity contribution is 5.91. The summed E-state index contributed by atoms with van der Waals surface area (Å²) in [4.78, 5) is 11.5. The number of carbonyl (C=O) groups is 1. The van der Waals surface area contributed by atoms with E-state index in [-0.39, 0.29) is 18.6 Å². The molecule has 1 rings (SSSR count). The Labute approximate surface area is 109 Å². The van der Waals surface area contributed by atoms with Crippen LogP contribution < -0.4 is 5.32 Å². The summed E-state index contributed by atoms with van der Waals surface area (Å²) >= 11 is 0. The van der Waals surface area contributed by atoms with Gasteiger partial charge in [0.1, 0.15) is 0 Å². The SMILES string of the molecule is CCc1ccc(/C=C/C(=O)NC(C)CCO)cc1. The number of rotatable bonds is 6. The van der Waals surface area contributed by atoms with Crippen LogP contribution in [0.1, 0.15) is 31.4 Å². The normalized spacial score (nSPS) is 12.6. The zero-order chi connectivity index (χ0) is 13.4. The second-order valence-electron chi connectivity index (χ2n) is 4.35. The first-order valence-electron chi connectivity index (χ1n) is 6.34. The summed E-state index contributed by atoms with van der Waals surface area (Å²) in [6, 6.07) is 8.12. The molecule has 0 saturated carbocycles. The summed E-state index contributed by atoms with van der Waals surface area (Å²) < 4.78 is 0. The molecule has 1 atom stereocenters. The van der Waals surface area contributed by atoms with Crippen molar-refractivity contribution in [2.45, 2.75) is 32.7 Å². The third kappa shape index (κ3) is 5.15. The van der Waals surface area contributed by atoms with E-state index in [2.05, 4.69) is 24.4 Å². The number of nitrogens with one attached hydrogen (secondary N) is 1. The molecule has 3 heteroatoms. The molecule has 0 radical (unpaired) electrons. The van der Waals surface area contributed by atoms with Gasteiger partial charge in [-0.15, -0.1) is 0 Å². The predicted molar refractivity (Wildman–Crippen MR) is 74.2 cm³/mol. The van der Waals surface area contributed by atoms with Crippen molar-refractivity contribution in [3.63, 3.8) is 0 Å². The maximum absolute atomic E-state index is 11.5. The molecular formula is C15H21NO2. The smallest absolute Gasteiger partial charge is 0.244 e. The van der Waals surface area contributed by atoms with Crippen molar-refractivity contribution >= 4 is 12.0 Å². The Hall–Kier alpha value is -1.61. The molecule has 0 aliphatic rings. The Morgan fingerprint density at radius 3 is 2.61 bits per heavy atom. The maximum Gasteiger partial charge on any atom is 0.244 e. The van der Waals surface area contributed by atoms with Gasteiger partial charge in [-0.05, 0) is 37.0 Å². The maximum atomic E-state index is 11.5. The molecule has 1 unspecified atom stereocenters. The van der Waals surface area contributed by atoms with E-state index in [0.29, 0.717) is 6.42 Å². The molecule has 3 nitrogen and oxygen atoms in total. The van der Waals surface area contributed by atoms with E-state index in [1.165, 1.54) is 11.6 Å². The summed E-state index contributed by atoms with van der Waals surface area (Å²) in [6.07, 6.45) is 4.91. The minimum atomic E-state index is -0.129. The zero-order valence-corrected chi connectivity index (χ0v) is 11.0. The van der Waals surface area contributed by atoms with Gasteiger partial charge in [-0.25, -0.2) is 0 Å². The van der Waals surface area contributed by atoms with Crippen molar-refractivity contribution in [1.82, 2.24) is 5.32 Å². The molecule has 1 aromatic rings. The lowest BCUT2D eigenvalue weighted by molar-refractivity contribution is -0.117. The Balaban J connectivity index is 2.49. The summed E-state index contributed by atoms with van der Waals surface area (Å²) in [5, 5.41) is 11.5. The molecule has 0 fully saturated rings. The number of carbonyl (C=O) groups excluding carboxylic acids is 1. The first-order chi connectivity index (χ1) is 8.65. The molecule has 1 amide bonds. The van der Waals surface area contributed by atoms with Gasteiger partial charge < -0.3 is 10.4 Å². The molecule has 0 bridgehead atoms. The number of amides is 1. The summed E-state index contributed by atoms with van der Waals surface area (Å²) in [5.74, 6) is -0.129. The third-order valence-corrected chi connectivity index (χ3v) is 2.77. The van der Waals surface area contributed by atoms with E-state index in [9.17, 15) is 4.79 Å². The van der Waals surface area contributed by atoms with E-state index in [1.807, 2.05) is 19.1 Å². The van der Waals surface area contributed by atoms with E-state index < -0.39 is 0 Å². The summed E-state index contributed by atoms with van der Waals surface area (Å²) in [5.41, 5.74) is 2.30. The van der Waals surface area contributed by atoms with E-state index >= 15 is 0 Å². The van der Waals surface area contributed by atoms with Gasteiger partial charge in [0.05, 0.1) is 0 Å². The summed E-state index contributed by atoms with van der Waals surface area (Å²) in [6.45, 7) is 4.07. The Kier molecular flexibility index (Phi) is 6.15. The van der Waals surface area contributed by atoms with Gasteiger partial charge in [0.25, 0.3) is 0 Å². The van der Waals surface area contributed by atoms with Crippen LogP contribution in [0.25, 0.3) is 6.08 Å². The van der Waals surface area contributed by atoms with Crippen molar-refractivity contribution in [2.75, 3.05) is 6.61 Å². The molecular weight excluding hydrogens is 226 g/mol. The summed E-state index contributed by atoms with van der Waals surface area (Å²) in [7, 11) is 0. The van der Waals surface area contributed by atoms with Crippen LogP contribution in [-0.2, 0) is 11.2 Å². The number of aliphatic hydroxyl groups is 1. The number of hydrogen-bond donors (Lipinski definition) is 2. The van der Waals surface area contributed by atoms with Crippen LogP contribution in [0, 0.1) is 0 Å². The van der Waals surface area contributed by atoms with E-state index in [0.717, 1.165) is 12.0 Å². The van der Waals surface area contributed by atoms with Crippen LogP contribution in [0.5, 0.6) is 0 Å². The molecule has 0 aliphatic carbocycles. The van der Waals surface area contributed by atoms with Gasteiger partial charge in [0.15, 0.2) is 0 Å². The number of aryl methyl sites for hydroxylation is 1. The third-order valence-electron chi connectivity index (χ3n) is 2.77. The topological polar surface area (TPSA) is 49.3 Å². The molecule has 0 saturated heterocycles. The Morgan fingerprint density at radius 1 is 1.39 bits per heavy atom. The van der Waals surface area contributed by atoms with Gasteiger partial charge in [0.2, 0.25) is 5.91 Å². The minimum Gasteiger partial charge on any atom is -0.396 e. The first kappa shape index (κ1) is 14.5. The molecule has 0 heterocycles. The van der Waals surface area contributed by atoms with Crippen molar-refractivity contribution in [1.29, 1.82) is 0 Å². The van der Waals surface area contributed by atoms with Gasteiger partial charge in [-0.3, -0.25) is 4.79 Å². The highest BCUT2D eigenvalue weighted by Gasteiger charge is 2.02. The van der Waals surface area contributed by atoms with Gasteiger partial charge >= 0.3 is 0 Å². The number of aliphatic hydroxyl groups excluding tert-OH is 1. The largest absolute Gasteiger partial charge is 0.396 e. The molecule has 0 spiro atoms. The average molecular weight is 247 g/mol. The van der Waals surface area contributed by atoms with Crippen LogP contribution in [-0.4, -0.2) is 23.7 Å².